The molecule has 0 aromatic carbocycles. The van der Waals surface area contributed by atoms with E-state index in [1.165, 1.54) is 11.8 Å². The first-order chi connectivity index (χ1) is 8.51. The summed E-state index contributed by atoms with van der Waals surface area (Å²) in [5.41, 5.74) is 0.930. The third kappa shape index (κ3) is 2.99. The molecule has 0 aliphatic rings. The first kappa shape index (κ1) is 14.0. The molecule has 0 aliphatic heterocycles. The van der Waals surface area contributed by atoms with Gasteiger partial charge in [-0.3, -0.25) is 4.68 Å². The highest BCUT2D eigenvalue weighted by Gasteiger charge is 2.21. The number of carboxylic acids is 1. The van der Waals surface area contributed by atoms with E-state index in [1.807, 2.05) is 6.07 Å². The van der Waals surface area contributed by atoms with Gasteiger partial charge >= 0.3 is 5.97 Å². The van der Waals surface area contributed by atoms with Crippen molar-refractivity contribution in [3.8, 4) is 6.07 Å². The highest BCUT2D eigenvalue weighted by molar-refractivity contribution is 5.77. The van der Waals surface area contributed by atoms with Crippen LogP contribution in [-0.2, 0) is 16.6 Å². The second kappa shape index (κ2) is 6.02. The van der Waals surface area contributed by atoms with Gasteiger partial charge in [0.25, 0.3) is 0 Å². The number of aryl methyl sites for hydroxylation is 2. The molecule has 18 heavy (non-hydrogen) atoms. The molecule has 7 nitrogen and oxygen atoms in total. The number of hydrogen-bond donors (Lipinski definition) is 2. The maximum absolute atomic E-state index is 11.1. The van der Waals surface area contributed by atoms with E-state index < -0.39 is 12.0 Å². The normalized spacial score (nSPS) is 11.9. The molecule has 0 amide bonds. The van der Waals surface area contributed by atoms with Crippen molar-refractivity contribution in [3.63, 3.8) is 0 Å². The predicted octanol–water partition coefficient (Wildman–Crippen LogP) is 0.502. The van der Waals surface area contributed by atoms with Crippen molar-refractivity contribution in [2.75, 3.05) is 19.0 Å². The van der Waals surface area contributed by atoms with Crippen LogP contribution in [0.4, 0.5) is 5.82 Å². The van der Waals surface area contributed by atoms with Crippen LogP contribution in [-0.4, -0.2) is 40.6 Å². The summed E-state index contributed by atoms with van der Waals surface area (Å²) in [6.45, 7) is 2.03. The highest BCUT2D eigenvalue weighted by Crippen LogP contribution is 2.19. The number of aromatic nitrogens is 2. The molecule has 1 aromatic heterocycles. The van der Waals surface area contributed by atoms with E-state index in [-0.39, 0.29) is 0 Å². The van der Waals surface area contributed by atoms with E-state index in [4.69, 9.17) is 15.1 Å². The topological polar surface area (TPSA) is 100 Å². The van der Waals surface area contributed by atoms with Crippen LogP contribution in [0.15, 0.2) is 0 Å². The van der Waals surface area contributed by atoms with Crippen molar-refractivity contribution in [2.45, 2.75) is 19.4 Å². The van der Waals surface area contributed by atoms with Crippen LogP contribution in [0.5, 0.6) is 0 Å². The van der Waals surface area contributed by atoms with Gasteiger partial charge in [-0.15, -0.1) is 0 Å². The van der Waals surface area contributed by atoms with Crippen LogP contribution in [0.1, 0.15) is 17.7 Å². The van der Waals surface area contributed by atoms with Crippen molar-refractivity contribution in [1.29, 1.82) is 5.26 Å². The minimum absolute atomic E-state index is 0.306. The van der Waals surface area contributed by atoms with E-state index in [2.05, 4.69) is 10.4 Å². The van der Waals surface area contributed by atoms with Gasteiger partial charge in [0, 0.05) is 27.2 Å². The number of methoxy groups -OCH3 is 1. The molecule has 98 valence electrons. The maximum atomic E-state index is 11.1. The Labute approximate surface area is 105 Å². The third-order valence-corrected chi connectivity index (χ3v) is 2.55. The molecule has 1 rings (SSSR count). The van der Waals surface area contributed by atoms with Crippen LogP contribution in [0.2, 0.25) is 0 Å². The Morgan fingerprint density at radius 2 is 2.39 bits per heavy atom. The van der Waals surface area contributed by atoms with Crippen molar-refractivity contribution in [2.24, 2.45) is 7.05 Å². The average Bonchev–Trinajstić information content (AvgIpc) is 2.58. The number of anilines is 1. The standard InChI is InChI=1S/C11H16N4O3/c1-7-8(6-12)10(15(2)14-7)13-9(11(16)17)4-5-18-3/h9,13H,4-5H2,1-3H3,(H,16,17). The van der Waals surface area contributed by atoms with Gasteiger partial charge in [-0.2, -0.15) is 10.4 Å². The minimum Gasteiger partial charge on any atom is -0.480 e. The molecule has 0 aliphatic carbocycles. The summed E-state index contributed by atoms with van der Waals surface area (Å²) in [6, 6.07) is 1.20. The van der Waals surface area contributed by atoms with Crippen LogP contribution < -0.4 is 5.32 Å². The average molecular weight is 252 g/mol. The van der Waals surface area contributed by atoms with Crippen LogP contribution in [0.25, 0.3) is 0 Å². The smallest absolute Gasteiger partial charge is 0.326 e. The summed E-state index contributed by atoms with van der Waals surface area (Å²) in [4.78, 5) is 11.1. The molecule has 0 bridgehead atoms. The largest absolute Gasteiger partial charge is 0.480 e. The maximum Gasteiger partial charge on any atom is 0.326 e. The summed E-state index contributed by atoms with van der Waals surface area (Å²) in [7, 11) is 3.17. The molecule has 2 N–H and O–H groups in total. The summed E-state index contributed by atoms with van der Waals surface area (Å²) in [6.07, 6.45) is 0.306. The zero-order valence-corrected chi connectivity index (χ0v) is 10.6. The van der Waals surface area contributed by atoms with Gasteiger partial charge in [-0.25, -0.2) is 4.79 Å². The zero-order chi connectivity index (χ0) is 13.7. The minimum atomic E-state index is -0.991. The van der Waals surface area contributed by atoms with Crippen molar-refractivity contribution >= 4 is 11.8 Å². The Bertz CT molecular complexity index is 475. The number of nitrogens with one attached hydrogen (secondary N) is 1. The Kier molecular flexibility index (Phi) is 4.68. The van der Waals surface area contributed by atoms with Gasteiger partial charge in [0.05, 0.1) is 5.69 Å². The second-order valence-electron chi connectivity index (χ2n) is 3.86. The summed E-state index contributed by atoms with van der Waals surface area (Å²) < 4.78 is 6.33. The first-order valence-corrected chi connectivity index (χ1v) is 5.43. The number of ether oxygens (including phenoxy) is 1. The monoisotopic (exact) mass is 252 g/mol. The number of carbonyl (C=O) groups is 1. The van der Waals surface area contributed by atoms with E-state index in [1.54, 1.807) is 14.0 Å². The number of nitriles is 1. The molecule has 1 atom stereocenters. The lowest BCUT2D eigenvalue weighted by molar-refractivity contribution is -0.138. The molecule has 1 aromatic rings. The molecule has 1 unspecified atom stereocenters. The number of aliphatic carboxylic acids is 1. The number of rotatable bonds is 6. The molecule has 1 heterocycles. The fraction of sp³-hybridized carbons (Fsp3) is 0.545. The third-order valence-electron chi connectivity index (χ3n) is 2.55. The Morgan fingerprint density at radius 3 is 2.89 bits per heavy atom. The lowest BCUT2D eigenvalue weighted by atomic mass is 10.2. The first-order valence-electron chi connectivity index (χ1n) is 5.43. The number of hydrogen-bond acceptors (Lipinski definition) is 5. The summed E-state index contributed by atoms with van der Waals surface area (Å²) >= 11 is 0. The van der Waals surface area contributed by atoms with Crippen LogP contribution in [0, 0.1) is 18.3 Å². The molecule has 7 heteroatoms. The van der Waals surface area contributed by atoms with Gasteiger partial charge < -0.3 is 15.2 Å². The lowest BCUT2D eigenvalue weighted by Gasteiger charge is -2.15. The highest BCUT2D eigenvalue weighted by atomic mass is 16.5. The molecule has 0 saturated heterocycles. The lowest BCUT2D eigenvalue weighted by Crippen LogP contribution is -2.31. The van der Waals surface area contributed by atoms with Crippen molar-refractivity contribution in [3.05, 3.63) is 11.3 Å². The van der Waals surface area contributed by atoms with E-state index >= 15 is 0 Å². The number of carboxylic acid groups (broad SMARTS) is 1. The van der Waals surface area contributed by atoms with Gasteiger partial charge in [-0.1, -0.05) is 0 Å². The van der Waals surface area contributed by atoms with E-state index in [0.717, 1.165) is 0 Å². The zero-order valence-electron chi connectivity index (χ0n) is 10.6. The van der Waals surface area contributed by atoms with Gasteiger partial charge in [0.15, 0.2) is 0 Å². The predicted molar refractivity (Wildman–Crippen MR) is 64.2 cm³/mol. The molecule has 0 fully saturated rings. The van der Waals surface area contributed by atoms with Gasteiger partial charge in [0.2, 0.25) is 0 Å². The fourth-order valence-electron chi connectivity index (χ4n) is 1.62. The van der Waals surface area contributed by atoms with Gasteiger partial charge in [0.1, 0.15) is 23.5 Å². The van der Waals surface area contributed by atoms with E-state index in [9.17, 15) is 4.79 Å². The van der Waals surface area contributed by atoms with Crippen LogP contribution >= 0.6 is 0 Å². The molecule has 0 saturated carbocycles. The Hall–Kier alpha value is -2.07. The number of nitrogens with zero attached hydrogens (tertiary/aromatic N) is 3. The van der Waals surface area contributed by atoms with Crippen molar-refractivity contribution in [1.82, 2.24) is 9.78 Å². The molecule has 0 spiro atoms. The van der Waals surface area contributed by atoms with Gasteiger partial charge in [-0.05, 0) is 6.92 Å². The van der Waals surface area contributed by atoms with E-state index in [0.29, 0.717) is 30.1 Å². The molecule has 0 radical (unpaired) electrons. The summed E-state index contributed by atoms with van der Waals surface area (Å²) in [5, 5.41) is 25.0. The SMILES string of the molecule is COCCC(Nc1c(C#N)c(C)nn1C)C(=O)O. The second-order valence-corrected chi connectivity index (χ2v) is 3.86. The van der Waals surface area contributed by atoms with Crippen molar-refractivity contribution < 1.29 is 14.6 Å². The Morgan fingerprint density at radius 1 is 1.72 bits per heavy atom. The molecular formula is C11H16N4O3. The summed E-state index contributed by atoms with van der Waals surface area (Å²) in [5.74, 6) is -0.576. The fourth-order valence-corrected chi connectivity index (χ4v) is 1.62. The quantitative estimate of drug-likeness (QED) is 0.764. The Balaban J connectivity index is 2.94. The van der Waals surface area contributed by atoms with Crippen LogP contribution in [0.3, 0.4) is 0 Å². The molecular weight excluding hydrogens is 236 g/mol.